The van der Waals surface area contributed by atoms with Crippen LogP contribution >= 0.6 is 34.5 Å². The van der Waals surface area contributed by atoms with Gasteiger partial charge in [0.1, 0.15) is 0 Å². The Balaban J connectivity index is 1.96. The van der Waals surface area contributed by atoms with E-state index >= 15 is 0 Å². The van der Waals surface area contributed by atoms with Crippen molar-refractivity contribution in [3.63, 3.8) is 0 Å². The second kappa shape index (κ2) is 6.53. The molecule has 1 fully saturated rings. The van der Waals surface area contributed by atoms with Crippen molar-refractivity contribution in [2.75, 3.05) is 6.61 Å². The maximum absolute atomic E-state index is 6.20. The molecular weight excluding hydrogens is 327 g/mol. The van der Waals surface area contributed by atoms with Crippen LogP contribution in [0.4, 0.5) is 5.69 Å². The lowest BCUT2D eigenvalue weighted by molar-refractivity contribution is 0.0959. The minimum atomic E-state index is 0.290. The van der Waals surface area contributed by atoms with Gasteiger partial charge in [-0.25, -0.2) is 4.99 Å². The van der Waals surface area contributed by atoms with Gasteiger partial charge in [-0.15, -0.1) is 11.3 Å². The molecule has 1 aromatic heterocycles. The van der Waals surface area contributed by atoms with Gasteiger partial charge in [0, 0.05) is 22.7 Å². The highest BCUT2D eigenvalue weighted by molar-refractivity contribution is 7.07. The molecule has 1 atom stereocenters. The Morgan fingerprint density at radius 3 is 3.00 bits per heavy atom. The van der Waals surface area contributed by atoms with E-state index in [2.05, 4.69) is 21.9 Å². The largest absolute Gasteiger partial charge is 0.376 e. The van der Waals surface area contributed by atoms with Gasteiger partial charge >= 0.3 is 0 Å². The van der Waals surface area contributed by atoms with Crippen molar-refractivity contribution in [3.8, 4) is 0 Å². The maximum Gasteiger partial charge on any atom is 0.190 e. The van der Waals surface area contributed by atoms with Gasteiger partial charge in [0.15, 0.2) is 4.80 Å². The van der Waals surface area contributed by atoms with Crippen molar-refractivity contribution in [2.45, 2.75) is 32.4 Å². The molecule has 6 heteroatoms. The molecule has 1 unspecified atom stereocenters. The predicted molar refractivity (Wildman–Crippen MR) is 87.7 cm³/mol. The van der Waals surface area contributed by atoms with E-state index in [0.29, 0.717) is 10.0 Å². The van der Waals surface area contributed by atoms with Crippen LogP contribution in [-0.4, -0.2) is 17.3 Å². The minimum Gasteiger partial charge on any atom is -0.376 e. The van der Waals surface area contributed by atoms with Crippen LogP contribution in [0.3, 0.4) is 0 Å². The number of nitrogens with zero attached hydrogens (tertiary/aromatic N) is 2. The molecule has 112 valence electrons. The average molecular weight is 343 g/mol. The third kappa shape index (κ3) is 3.51. The minimum absolute atomic E-state index is 0.290. The Labute approximate surface area is 137 Å². The number of rotatable bonds is 3. The molecule has 0 bridgehead atoms. The smallest absolute Gasteiger partial charge is 0.190 e. The zero-order valence-corrected chi connectivity index (χ0v) is 14.0. The van der Waals surface area contributed by atoms with Crippen molar-refractivity contribution in [1.29, 1.82) is 0 Å². The summed E-state index contributed by atoms with van der Waals surface area (Å²) in [5.74, 6) is 0. The zero-order chi connectivity index (χ0) is 14.8. The van der Waals surface area contributed by atoms with Crippen molar-refractivity contribution in [2.24, 2.45) is 4.99 Å². The lowest BCUT2D eigenvalue weighted by Gasteiger charge is -2.12. The number of ether oxygens (including phenoxy) is 1. The van der Waals surface area contributed by atoms with Crippen molar-refractivity contribution < 1.29 is 4.74 Å². The summed E-state index contributed by atoms with van der Waals surface area (Å²) >= 11 is 13.7. The third-order valence-corrected chi connectivity index (χ3v) is 5.05. The van der Waals surface area contributed by atoms with Crippen LogP contribution < -0.4 is 4.80 Å². The summed E-state index contributed by atoms with van der Waals surface area (Å²) in [5, 5.41) is 3.29. The van der Waals surface area contributed by atoms with Gasteiger partial charge in [0.25, 0.3) is 0 Å². The highest BCUT2D eigenvalue weighted by Gasteiger charge is 2.17. The first-order valence-corrected chi connectivity index (χ1v) is 8.53. The molecule has 1 saturated heterocycles. The Hall–Kier alpha value is -0.810. The molecule has 0 saturated carbocycles. The molecule has 0 N–H and O–H groups in total. The van der Waals surface area contributed by atoms with E-state index in [1.165, 1.54) is 5.69 Å². The molecule has 2 aromatic rings. The number of halogens is 2. The number of thiazole rings is 1. The molecule has 3 nitrogen and oxygen atoms in total. The molecule has 1 aromatic carbocycles. The second-order valence-electron chi connectivity index (χ2n) is 5.11. The molecule has 0 radical (unpaired) electrons. The first kappa shape index (κ1) is 15.1. The average Bonchev–Trinajstić information content (AvgIpc) is 3.07. The first-order chi connectivity index (χ1) is 10.1. The van der Waals surface area contributed by atoms with E-state index in [1.54, 1.807) is 23.5 Å². The summed E-state index contributed by atoms with van der Waals surface area (Å²) in [5.41, 5.74) is 1.93. The van der Waals surface area contributed by atoms with Crippen molar-refractivity contribution >= 4 is 40.2 Å². The molecule has 1 aliphatic heterocycles. The van der Waals surface area contributed by atoms with Crippen LogP contribution in [0.1, 0.15) is 18.5 Å². The van der Waals surface area contributed by atoms with Crippen LogP contribution in [-0.2, 0) is 11.3 Å². The van der Waals surface area contributed by atoms with E-state index in [0.717, 1.165) is 36.5 Å². The quantitative estimate of drug-likeness (QED) is 0.801. The molecule has 2 heterocycles. The van der Waals surface area contributed by atoms with Gasteiger partial charge < -0.3 is 9.30 Å². The van der Waals surface area contributed by atoms with Crippen LogP contribution in [0, 0.1) is 6.92 Å². The third-order valence-electron chi connectivity index (χ3n) is 3.53. The van der Waals surface area contributed by atoms with Crippen LogP contribution in [0.25, 0.3) is 0 Å². The molecule has 0 amide bonds. The monoisotopic (exact) mass is 342 g/mol. The SMILES string of the molecule is Cc1csc(=Nc2ccc(Cl)cc2Cl)n1CC1CCCO1. The normalized spacial score (nSPS) is 19.4. The number of aromatic nitrogens is 1. The summed E-state index contributed by atoms with van der Waals surface area (Å²) in [4.78, 5) is 5.62. The standard InChI is InChI=1S/C15H16Cl2N2OS/c1-10-9-21-15(19(10)8-12-3-2-6-20-12)18-14-5-4-11(16)7-13(14)17/h4-5,7,9,12H,2-3,6,8H2,1H3. The molecule has 3 rings (SSSR count). The van der Waals surface area contributed by atoms with Crippen LogP contribution in [0.15, 0.2) is 28.6 Å². The van der Waals surface area contributed by atoms with Crippen LogP contribution in [0.5, 0.6) is 0 Å². The highest BCUT2D eigenvalue weighted by Crippen LogP contribution is 2.27. The second-order valence-corrected chi connectivity index (χ2v) is 6.79. The Morgan fingerprint density at radius 1 is 1.43 bits per heavy atom. The van der Waals surface area contributed by atoms with Crippen LogP contribution in [0.2, 0.25) is 10.0 Å². The van der Waals surface area contributed by atoms with Gasteiger partial charge in [-0.2, -0.15) is 0 Å². The summed E-state index contributed by atoms with van der Waals surface area (Å²) in [6.07, 6.45) is 2.55. The van der Waals surface area contributed by atoms with Crippen molar-refractivity contribution in [3.05, 3.63) is 44.1 Å². The van der Waals surface area contributed by atoms with E-state index in [4.69, 9.17) is 27.9 Å². The zero-order valence-electron chi connectivity index (χ0n) is 11.7. The van der Waals surface area contributed by atoms with Gasteiger partial charge in [-0.1, -0.05) is 23.2 Å². The van der Waals surface area contributed by atoms with Gasteiger partial charge in [0.05, 0.1) is 23.4 Å². The molecular formula is C15H16Cl2N2OS. The number of hydrogen-bond acceptors (Lipinski definition) is 3. The number of benzene rings is 1. The van der Waals surface area contributed by atoms with E-state index < -0.39 is 0 Å². The summed E-state index contributed by atoms with van der Waals surface area (Å²) in [6, 6.07) is 5.36. The lowest BCUT2D eigenvalue weighted by Crippen LogP contribution is -2.24. The fraction of sp³-hybridized carbons (Fsp3) is 0.400. The van der Waals surface area contributed by atoms with E-state index in [-0.39, 0.29) is 6.10 Å². The van der Waals surface area contributed by atoms with Crippen molar-refractivity contribution in [1.82, 2.24) is 4.57 Å². The Kier molecular flexibility index (Phi) is 4.69. The molecule has 21 heavy (non-hydrogen) atoms. The lowest BCUT2D eigenvalue weighted by atomic mass is 10.2. The highest BCUT2D eigenvalue weighted by atomic mass is 35.5. The number of hydrogen-bond donors (Lipinski definition) is 0. The summed E-state index contributed by atoms with van der Waals surface area (Å²) < 4.78 is 7.92. The fourth-order valence-corrected chi connectivity index (χ4v) is 3.74. The van der Waals surface area contributed by atoms with E-state index in [1.807, 2.05) is 6.07 Å². The summed E-state index contributed by atoms with van der Waals surface area (Å²) in [7, 11) is 0. The molecule has 0 spiro atoms. The van der Waals surface area contributed by atoms with E-state index in [9.17, 15) is 0 Å². The number of aryl methyl sites for hydroxylation is 1. The Morgan fingerprint density at radius 2 is 2.29 bits per heavy atom. The van der Waals surface area contributed by atoms with Gasteiger partial charge in [0.2, 0.25) is 0 Å². The molecule has 1 aliphatic rings. The fourth-order valence-electron chi connectivity index (χ4n) is 2.39. The van der Waals surface area contributed by atoms with Gasteiger partial charge in [-0.3, -0.25) is 0 Å². The first-order valence-electron chi connectivity index (χ1n) is 6.90. The maximum atomic E-state index is 6.20. The molecule has 0 aliphatic carbocycles. The van der Waals surface area contributed by atoms with Gasteiger partial charge in [-0.05, 0) is 38.0 Å². The Bertz CT molecular complexity index is 702. The topological polar surface area (TPSA) is 26.5 Å². The predicted octanol–water partition coefficient (Wildman–Crippen LogP) is 4.58. The summed E-state index contributed by atoms with van der Waals surface area (Å²) in [6.45, 7) is 3.80.